The van der Waals surface area contributed by atoms with Gasteiger partial charge in [-0.05, 0) is 43.0 Å². The average molecular weight is 263 g/mol. The van der Waals surface area contributed by atoms with Crippen LogP contribution in [0.3, 0.4) is 0 Å². The van der Waals surface area contributed by atoms with Crippen LogP contribution in [-0.2, 0) is 0 Å². The van der Waals surface area contributed by atoms with Gasteiger partial charge in [0, 0.05) is 6.04 Å². The van der Waals surface area contributed by atoms with Crippen LogP contribution in [0, 0.1) is 5.92 Å². The highest BCUT2D eigenvalue weighted by atomic mass is 16.5. The number of nitrogens with one attached hydrogen (secondary N) is 1. The lowest BCUT2D eigenvalue weighted by molar-refractivity contribution is 0.309. The summed E-state index contributed by atoms with van der Waals surface area (Å²) in [5.41, 5.74) is 1.36. The first-order chi connectivity index (χ1) is 9.17. The molecule has 0 aliphatic rings. The van der Waals surface area contributed by atoms with Gasteiger partial charge in [-0.1, -0.05) is 46.2 Å². The molecule has 0 fully saturated rings. The second-order valence-corrected chi connectivity index (χ2v) is 5.51. The van der Waals surface area contributed by atoms with Crippen LogP contribution in [0.2, 0.25) is 0 Å². The van der Waals surface area contributed by atoms with E-state index in [0.717, 1.165) is 25.3 Å². The summed E-state index contributed by atoms with van der Waals surface area (Å²) in [7, 11) is 0. The summed E-state index contributed by atoms with van der Waals surface area (Å²) in [5, 5.41) is 3.56. The Morgan fingerprint density at radius 3 is 2.32 bits per heavy atom. The van der Waals surface area contributed by atoms with Crippen LogP contribution >= 0.6 is 0 Å². The summed E-state index contributed by atoms with van der Waals surface area (Å²) < 4.78 is 5.70. The Morgan fingerprint density at radius 1 is 1.11 bits per heavy atom. The summed E-state index contributed by atoms with van der Waals surface area (Å²) in [5.74, 6) is 1.68. The fraction of sp³-hybridized carbons (Fsp3) is 0.647. The van der Waals surface area contributed by atoms with Crippen molar-refractivity contribution < 1.29 is 4.74 Å². The minimum Gasteiger partial charge on any atom is -0.494 e. The molecule has 0 radical (unpaired) electrons. The van der Waals surface area contributed by atoms with E-state index in [1.807, 2.05) is 0 Å². The largest absolute Gasteiger partial charge is 0.494 e. The van der Waals surface area contributed by atoms with Crippen LogP contribution in [0.4, 0.5) is 0 Å². The Morgan fingerprint density at radius 2 is 1.79 bits per heavy atom. The van der Waals surface area contributed by atoms with Gasteiger partial charge >= 0.3 is 0 Å². The molecular formula is C17H29NO. The Hall–Kier alpha value is -1.02. The van der Waals surface area contributed by atoms with Gasteiger partial charge in [-0.2, -0.15) is 0 Å². The van der Waals surface area contributed by atoms with Crippen LogP contribution in [0.5, 0.6) is 5.75 Å². The van der Waals surface area contributed by atoms with Crippen molar-refractivity contribution in [2.75, 3.05) is 13.2 Å². The molecular weight excluding hydrogens is 234 g/mol. The number of unbranched alkanes of at least 4 members (excludes halogenated alkanes) is 1. The summed E-state index contributed by atoms with van der Waals surface area (Å²) in [6.07, 6.45) is 3.47. The van der Waals surface area contributed by atoms with Gasteiger partial charge < -0.3 is 10.1 Å². The van der Waals surface area contributed by atoms with Crippen LogP contribution in [0.15, 0.2) is 24.3 Å². The normalized spacial score (nSPS) is 12.7. The van der Waals surface area contributed by atoms with Gasteiger partial charge in [0.2, 0.25) is 0 Å². The predicted molar refractivity (Wildman–Crippen MR) is 82.7 cm³/mol. The predicted octanol–water partition coefficient (Wildman–Crippen LogP) is 4.56. The van der Waals surface area contributed by atoms with Gasteiger partial charge in [-0.15, -0.1) is 0 Å². The molecule has 0 aliphatic heterocycles. The lowest BCUT2D eigenvalue weighted by Crippen LogP contribution is -2.22. The number of hydrogen-bond acceptors (Lipinski definition) is 2. The van der Waals surface area contributed by atoms with Crippen LogP contribution in [-0.4, -0.2) is 13.2 Å². The molecule has 1 rings (SSSR count). The van der Waals surface area contributed by atoms with Crippen LogP contribution in [0.1, 0.15) is 58.6 Å². The van der Waals surface area contributed by atoms with Gasteiger partial charge in [0.25, 0.3) is 0 Å². The fourth-order valence-electron chi connectivity index (χ4n) is 2.19. The molecule has 0 aromatic heterocycles. The number of ether oxygens (including phenoxy) is 1. The molecule has 0 bridgehead atoms. The average Bonchev–Trinajstić information content (AvgIpc) is 2.39. The first-order valence-corrected chi connectivity index (χ1v) is 7.63. The topological polar surface area (TPSA) is 21.3 Å². The molecule has 2 nitrogen and oxygen atoms in total. The third-order valence-electron chi connectivity index (χ3n) is 3.21. The molecule has 0 amide bonds. The molecule has 1 aromatic carbocycles. The molecule has 0 spiro atoms. The standard InChI is InChI=1S/C17H29NO/c1-5-7-12-19-16-10-8-15(9-11-16)17(18-6-2)13-14(3)4/h8-11,14,17-18H,5-7,12-13H2,1-4H3. The minimum absolute atomic E-state index is 0.453. The quantitative estimate of drug-likeness (QED) is 0.659. The lowest BCUT2D eigenvalue weighted by Gasteiger charge is -2.20. The van der Waals surface area contributed by atoms with Crippen LogP contribution in [0.25, 0.3) is 0 Å². The van der Waals surface area contributed by atoms with E-state index in [1.165, 1.54) is 18.4 Å². The summed E-state index contributed by atoms with van der Waals surface area (Å²) >= 11 is 0. The molecule has 1 aromatic rings. The summed E-state index contributed by atoms with van der Waals surface area (Å²) in [6.45, 7) is 10.7. The van der Waals surface area contributed by atoms with E-state index in [9.17, 15) is 0 Å². The minimum atomic E-state index is 0.453. The molecule has 2 heteroatoms. The van der Waals surface area contributed by atoms with Crippen molar-refractivity contribution in [3.8, 4) is 5.75 Å². The van der Waals surface area contributed by atoms with Gasteiger partial charge in [-0.25, -0.2) is 0 Å². The number of rotatable bonds is 9. The van der Waals surface area contributed by atoms with E-state index in [4.69, 9.17) is 4.74 Å². The maximum absolute atomic E-state index is 5.70. The first-order valence-electron chi connectivity index (χ1n) is 7.63. The highest BCUT2D eigenvalue weighted by molar-refractivity contribution is 5.29. The smallest absolute Gasteiger partial charge is 0.119 e. The van der Waals surface area contributed by atoms with E-state index in [0.29, 0.717) is 12.0 Å². The van der Waals surface area contributed by atoms with Gasteiger partial charge in [0.1, 0.15) is 5.75 Å². The van der Waals surface area contributed by atoms with Crippen molar-refractivity contribution in [3.63, 3.8) is 0 Å². The van der Waals surface area contributed by atoms with Crippen molar-refractivity contribution in [2.45, 2.75) is 53.0 Å². The van der Waals surface area contributed by atoms with Crippen molar-refractivity contribution in [2.24, 2.45) is 5.92 Å². The SMILES string of the molecule is CCCCOc1ccc(C(CC(C)C)NCC)cc1. The van der Waals surface area contributed by atoms with E-state index >= 15 is 0 Å². The summed E-state index contributed by atoms with van der Waals surface area (Å²) in [4.78, 5) is 0. The highest BCUT2D eigenvalue weighted by Crippen LogP contribution is 2.23. The zero-order valence-corrected chi connectivity index (χ0v) is 12.9. The second kappa shape index (κ2) is 8.98. The third-order valence-corrected chi connectivity index (χ3v) is 3.21. The Bertz CT molecular complexity index is 332. The lowest BCUT2D eigenvalue weighted by atomic mass is 9.97. The van der Waals surface area contributed by atoms with Gasteiger partial charge in [0.15, 0.2) is 0 Å². The van der Waals surface area contributed by atoms with Crippen molar-refractivity contribution in [3.05, 3.63) is 29.8 Å². The van der Waals surface area contributed by atoms with E-state index in [-0.39, 0.29) is 0 Å². The fourth-order valence-corrected chi connectivity index (χ4v) is 2.19. The zero-order chi connectivity index (χ0) is 14.1. The molecule has 1 unspecified atom stereocenters. The molecule has 0 aliphatic carbocycles. The summed E-state index contributed by atoms with van der Waals surface area (Å²) in [6, 6.07) is 9.02. The molecule has 108 valence electrons. The van der Waals surface area contributed by atoms with Crippen molar-refractivity contribution >= 4 is 0 Å². The first kappa shape index (κ1) is 16.0. The van der Waals surface area contributed by atoms with E-state index in [2.05, 4.69) is 57.3 Å². The number of hydrogen-bond donors (Lipinski definition) is 1. The van der Waals surface area contributed by atoms with E-state index in [1.54, 1.807) is 0 Å². The van der Waals surface area contributed by atoms with Gasteiger partial charge in [-0.3, -0.25) is 0 Å². The van der Waals surface area contributed by atoms with E-state index < -0.39 is 0 Å². The Labute approximate surface area is 118 Å². The Kier molecular flexibility index (Phi) is 7.57. The Balaban J connectivity index is 2.60. The molecule has 19 heavy (non-hydrogen) atoms. The zero-order valence-electron chi connectivity index (χ0n) is 12.9. The van der Waals surface area contributed by atoms with Gasteiger partial charge in [0.05, 0.1) is 6.61 Å². The second-order valence-electron chi connectivity index (χ2n) is 5.51. The molecule has 1 atom stereocenters. The molecule has 0 saturated heterocycles. The molecule has 0 heterocycles. The molecule has 0 saturated carbocycles. The number of benzene rings is 1. The highest BCUT2D eigenvalue weighted by Gasteiger charge is 2.12. The maximum Gasteiger partial charge on any atom is 0.119 e. The van der Waals surface area contributed by atoms with Crippen molar-refractivity contribution in [1.82, 2.24) is 5.32 Å². The maximum atomic E-state index is 5.70. The monoisotopic (exact) mass is 263 g/mol. The third kappa shape index (κ3) is 6.11. The van der Waals surface area contributed by atoms with Crippen molar-refractivity contribution in [1.29, 1.82) is 0 Å². The van der Waals surface area contributed by atoms with Crippen LogP contribution < -0.4 is 10.1 Å². The molecule has 1 N–H and O–H groups in total.